The molecule has 0 fully saturated rings. The molecule has 0 heterocycles. The van der Waals surface area contributed by atoms with Gasteiger partial charge in [-0.25, -0.2) is 9.59 Å². The Morgan fingerprint density at radius 2 is 1.10 bits per heavy atom. The molecule has 20 heavy (non-hydrogen) atoms. The van der Waals surface area contributed by atoms with Crippen LogP contribution in [0.2, 0.25) is 0 Å². The van der Waals surface area contributed by atoms with Crippen LogP contribution in [0.25, 0.3) is 0 Å². The van der Waals surface area contributed by atoms with Gasteiger partial charge in [0.15, 0.2) is 0 Å². The van der Waals surface area contributed by atoms with Crippen molar-refractivity contribution in [2.75, 3.05) is 0 Å². The van der Waals surface area contributed by atoms with Crippen LogP contribution in [-0.4, -0.2) is 45.6 Å². The Morgan fingerprint density at radius 3 is 1.30 bits per heavy atom. The van der Waals surface area contributed by atoms with Crippen molar-refractivity contribution in [3.8, 4) is 0 Å². The van der Waals surface area contributed by atoms with Gasteiger partial charge in [-0.05, 0) is 54.4 Å². The Labute approximate surface area is 120 Å². The van der Waals surface area contributed by atoms with E-state index in [0.717, 1.165) is 0 Å². The molecule has 0 amide bonds. The van der Waals surface area contributed by atoms with E-state index in [1.54, 1.807) is 27.7 Å². The lowest BCUT2D eigenvalue weighted by Crippen LogP contribution is -2.37. The van der Waals surface area contributed by atoms with E-state index in [1.165, 1.54) is 13.8 Å². The quantitative estimate of drug-likeness (QED) is 0.684. The summed E-state index contributed by atoms with van der Waals surface area (Å²) in [4.78, 5) is 22.7. The summed E-state index contributed by atoms with van der Waals surface area (Å²) in [6.07, 6.45) is -1.44. The molecule has 0 aromatic carbocycles. The van der Waals surface area contributed by atoms with Gasteiger partial charge < -0.3 is 19.7 Å². The minimum absolute atomic E-state index is 0.450. The number of esters is 2. The number of aliphatic hydroxyl groups is 2. The lowest BCUT2D eigenvalue weighted by Gasteiger charge is -2.31. The molecule has 0 aromatic heterocycles. The highest BCUT2D eigenvalue weighted by molar-refractivity contribution is 5.74. The van der Waals surface area contributed by atoms with Crippen molar-refractivity contribution in [1.82, 2.24) is 0 Å². The van der Waals surface area contributed by atoms with Crippen molar-refractivity contribution in [2.45, 2.75) is 77.8 Å². The third-order valence-corrected chi connectivity index (χ3v) is 2.77. The molecule has 0 saturated heterocycles. The summed E-state index contributed by atoms with van der Waals surface area (Å²) in [5.41, 5.74) is -1.55. The second-order valence-corrected chi connectivity index (χ2v) is 6.21. The molecule has 0 rings (SSSR count). The molecule has 6 heteroatoms. The first-order chi connectivity index (χ1) is 8.86. The number of hydrogen-bond acceptors (Lipinski definition) is 6. The molecule has 0 aliphatic rings. The Hall–Kier alpha value is -1.14. The summed E-state index contributed by atoms with van der Waals surface area (Å²) in [6, 6.07) is 0. The highest BCUT2D eigenvalue weighted by Crippen LogP contribution is 2.25. The lowest BCUT2D eigenvalue weighted by molar-refractivity contribution is -0.172. The third kappa shape index (κ3) is 7.45. The fourth-order valence-corrected chi connectivity index (χ4v) is 1.42. The maximum absolute atomic E-state index is 11.4. The molecule has 6 nitrogen and oxygen atoms in total. The second-order valence-electron chi connectivity index (χ2n) is 6.21. The van der Waals surface area contributed by atoms with Crippen molar-refractivity contribution in [3.05, 3.63) is 0 Å². The van der Waals surface area contributed by atoms with E-state index < -0.39 is 35.3 Å². The fourth-order valence-electron chi connectivity index (χ4n) is 1.42. The minimum atomic E-state index is -1.17. The molecule has 0 aliphatic heterocycles. The van der Waals surface area contributed by atoms with Crippen LogP contribution in [-0.2, 0) is 19.1 Å². The zero-order valence-corrected chi connectivity index (χ0v) is 13.1. The van der Waals surface area contributed by atoms with Crippen LogP contribution in [0.3, 0.4) is 0 Å². The van der Waals surface area contributed by atoms with Gasteiger partial charge in [0.05, 0.1) is 0 Å². The van der Waals surface area contributed by atoms with E-state index in [0.29, 0.717) is 12.8 Å². The molecular weight excluding hydrogens is 264 g/mol. The van der Waals surface area contributed by atoms with Gasteiger partial charge in [-0.3, -0.25) is 0 Å². The number of carbonyl (C=O) groups is 2. The van der Waals surface area contributed by atoms with Gasteiger partial charge >= 0.3 is 11.9 Å². The predicted octanol–water partition coefficient (Wildman–Crippen LogP) is 1.17. The normalized spacial score (nSPS) is 15.4. The maximum Gasteiger partial charge on any atom is 0.335 e. The first-order valence-corrected chi connectivity index (χ1v) is 6.68. The van der Waals surface area contributed by atoms with Crippen LogP contribution in [0.4, 0.5) is 0 Å². The van der Waals surface area contributed by atoms with E-state index >= 15 is 0 Å². The first kappa shape index (κ1) is 18.9. The molecule has 118 valence electrons. The van der Waals surface area contributed by atoms with Crippen molar-refractivity contribution in [1.29, 1.82) is 0 Å². The van der Waals surface area contributed by atoms with Gasteiger partial charge in [-0.1, -0.05) is 0 Å². The van der Waals surface area contributed by atoms with Gasteiger partial charge in [-0.15, -0.1) is 0 Å². The van der Waals surface area contributed by atoms with Gasteiger partial charge in [0.25, 0.3) is 0 Å². The Morgan fingerprint density at radius 1 is 0.850 bits per heavy atom. The van der Waals surface area contributed by atoms with Crippen molar-refractivity contribution < 1.29 is 29.3 Å². The summed E-state index contributed by atoms with van der Waals surface area (Å²) < 4.78 is 10.3. The number of aliphatic hydroxyl groups excluding tert-OH is 2. The summed E-state index contributed by atoms with van der Waals surface area (Å²) >= 11 is 0. The number of ether oxygens (including phenoxy) is 2. The maximum atomic E-state index is 11.4. The van der Waals surface area contributed by atoms with E-state index in [9.17, 15) is 9.59 Å². The van der Waals surface area contributed by atoms with Crippen LogP contribution in [0.15, 0.2) is 0 Å². The summed E-state index contributed by atoms with van der Waals surface area (Å²) in [5.74, 6) is -1.37. The van der Waals surface area contributed by atoms with Crippen molar-refractivity contribution in [3.63, 3.8) is 0 Å². The molecule has 0 bridgehead atoms. The Balaban J connectivity index is 4.43. The van der Waals surface area contributed by atoms with Crippen LogP contribution in [0.5, 0.6) is 0 Å². The highest BCUT2D eigenvalue weighted by atomic mass is 16.6. The van der Waals surface area contributed by atoms with Gasteiger partial charge in [0, 0.05) is 0 Å². The van der Waals surface area contributed by atoms with Crippen LogP contribution >= 0.6 is 0 Å². The smallest absolute Gasteiger partial charge is 0.335 e. The number of rotatable bonds is 7. The molecule has 0 spiro atoms. The molecule has 0 aliphatic carbocycles. The largest absolute Gasteiger partial charge is 0.458 e. The highest BCUT2D eigenvalue weighted by Gasteiger charge is 2.31. The van der Waals surface area contributed by atoms with Gasteiger partial charge in [0.1, 0.15) is 23.4 Å². The zero-order chi connectivity index (χ0) is 16.1. The molecule has 2 unspecified atom stereocenters. The Bertz CT molecular complexity index is 310. The monoisotopic (exact) mass is 290 g/mol. The zero-order valence-electron chi connectivity index (χ0n) is 13.1. The molecule has 0 radical (unpaired) electrons. The Kier molecular flexibility index (Phi) is 6.64. The fraction of sp³-hybridized carbons (Fsp3) is 0.857. The average molecular weight is 290 g/mol. The van der Waals surface area contributed by atoms with E-state index in [1.807, 2.05) is 0 Å². The van der Waals surface area contributed by atoms with Crippen LogP contribution in [0, 0.1) is 0 Å². The summed E-state index contributed by atoms with van der Waals surface area (Å²) in [7, 11) is 0. The number of carbonyl (C=O) groups excluding carboxylic acids is 2. The predicted molar refractivity (Wildman–Crippen MR) is 72.9 cm³/mol. The van der Waals surface area contributed by atoms with Crippen molar-refractivity contribution in [2.24, 2.45) is 0 Å². The molecular formula is C14H26O6. The third-order valence-electron chi connectivity index (χ3n) is 2.77. The van der Waals surface area contributed by atoms with E-state index in [-0.39, 0.29) is 0 Å². The second kappa shape index (κ2) is 7.04. The average Bonchev–Trinajstić information content (AvgIpc) is 2.25. The molecule has 2 atom stereocenters. The summed E-state index contributed by atoms with van der Waals surface area (Å²) in [6.45, 7) is 9.57. The van der Waals surface area contributed by atoms with Crippen LogP contribution in [0.1, 0.15) is 54.4 Å². The van der Waals surface area contributed by atoms with Crippen molar-refractivity contribution >= 4 is 11.9 Å². The first-order valence-electron chi connectivity index (χ1n) is 6.68. The molecule has 0 aromatic rings. The number of hydrogen-bond donors (Lipinski definition) is 2. The lowest BCUT2D eigenvalue weighted by atomic mass is 9.93. The van der Waals surface area contributed by atoms with Gasteiger partial charge in [0.2, 0.25) is 0 Å². The standard InChI is InChI=1S/C14H26O6/c1-9(15)11(17)19-13(3,4)7-8-14(5,6)20-12(18)10(2)16/h9-10,15-16H,7-8H2,1-6H3. The minimum Gasteiger partial charge on any atom is -0.458 e. The van der Waals surface area contributed by atoms with E-state index in [2.05, 4.69) is 0 Å². The van der Waals surface area contributed by atoms with E-state index in [4.69, 9.17) is 19.7 Å². The van der Waals surface area contributed by atoms with Crippen LogP contribution < -0.4 is 0 Å². The SMILES string of the molecule is CC(O)C(=O)OC(C)(C)CCC(C)(C)OC(=O)C(C)O. The summed E-state index contributed by atoms with van der Waals surface area (Å²) in [5, 5.41) is 18.2. The molecule has 2 N–H and O–H groups in total. The van der Waals surface area contributed by atoms with Gasteiger partial charge in [-0.2, -0.15) is 0 Å². The molecule has 0 saturated carbocycles. The topological polar surface area (TPSA) is 93.1 Å².